The zero-order valence-electron chi connectivity index (χ0n) is 17.2. The number of carbonyl (C=O) groups is 2. The standard InChI is InChI=1S/C21H24N6O3S/c1-22-19(29)15-8-5-9-26(11-15)21-25-18-17(31-21)20(30)27(13-24-18)12-16(28)23-10-14-6-3-2-4-7-14/h2-4,6-7,13,15H,5,8-12H2,1H3,(H,22,29)(H,23,28). The number of anilines is 1. The van der Waals surface area contributed by atoms with Crippen LogP contribution in [0.15, 0.2) is 41.5 Å². The highest BCUT2D eigenvalue weighted by Gasteiger charge is 2.27. The van der Waals surface area contributed by atoms with Gasteiger partial charge in [0, 0.05) is 26.7 Å². The lowest BCUT2D eigenvalue weighted by Gasteiger charge is -2.31. The molecule has 1 fully saturated rings. The second-order valence-electron chi connectivity index (χ2n) is 7.49. The molecule has 1 unspecified atom stereocenters. The van der Waals surface area contributed by atoms with Gasteiger partial charge >= 0.3 is 0 Å². The quantitative estimate of drug-likeness (QED) is 0.595. The molecule has 0 aliphatic carbocycles. The summed E-state index contributed by atoms with van der Waals surface area (Å²) >= 11 is 1.26. The normalized spacial score (nSPS) is 16.3. The number of aromatic nitrogens is 3. The van der Waals surface area contributed by atoms with E-state index in [1.165, 1.54) is 22.2 Å². The summed E-state index contributed by atoms with van der Waals surface area (Å²) in [5.74, 6) is -0.335. The van der Waals surface area contributed by atoms with Gasteiger partial charge in [-0.05, 0) is 18.4 Å². The molecule has 162 valence electrons. The fourth-order valence-electron chi connectivity index (χ4n) is 3.66. The minimum Gasteiger partial charge on any atom is -0.359 e. The van der Waals surface area contributed by atoms with Gasteiger partial charge in [-0.2, -0.15) is 4.98 Å². The molecule has 0 saturated carbocycles. The van der Waals surface area contributed by atoms with Crippen LogP contribution in [-0.2, 0) is 22.7 Å². The molecule has 3 heterocycles. The molecule has 2 amide bonds. The summed E-state index contributed by atoms with van der Waals surface area (Å²) in [6, 6.07) is 9.58. The van der Waals surface area contributed by atoms with Gasteiger partial charge in [-0.3, -0.25) is 19.0 Å². The molecule has 9 nitrogen and oxygen atoms in total. The van der Waals surface area contributed by atoms with Gasteiger partial charge in [-0.25, -0.2) is 4.98 Å². The Morgan fingerprint density at radius 3 is 2.84 bits per heavy atom. The third-order valence-corrected chi connectivity index (χ3v) is 6.42. The van der Waals surface area contributed by atoms with Crippen molar-refractivity contribution in [1.29, 1.82) is 0 Å². The van der Waals surface area contributed by atoms with E-state index in [1.807, 2.05) is 35.2 Å². The van der Waals surface area contributed by atoms with Crippen molar-refractivity contribution >= 4 is 38.6 Å². The van der Waals surface area contributed by atoms with Gasteiger partial charge in [0.25, 0.3) is 5.56 Å². The predicted molar refractivity (Wildman–Crippen MR) is 119 cm³/mol. The summed E-state index contributed by atoms with van der Waals surface area (Å²) < 4.78 is 1.71. The van der Waals surface area contributed by atoms with Crippen LogP contribution in [0.4, 0.5) is 5.13 Å². The van der Waals surface area contributed by atoms with E-state index in [4.69, 9.17) is 0 Å². The minimum atomic E-state index is -0.288. The zero-order valence-corrected chi connectivity index (χ0v) is 18.0. The number of fused-ring (bicyclic) bond motifs is 1. The van der Waals surface area contributed by atoms with E-state index in [1.54, 1.807) is 7.05 Å². The molecule has 1 aliphatic heterocycles. The first-order valence-electron chi connectivity index (χ1n) is 10.2. The Hall–Kier alpha value is -3.27. The smallest absolute Gasteiger partial charge is 0.273 e. The van der Waals surface area contributed by atoms with Gasteiger partial charge in [0.15, 0.2) is 10.8 Å². The molecule has 2 aromatic heterocycles. The monoisotopic (exact) mass is 440 g/mol. The van der Waals surface area contributed by atoms with Crippen LogP contribution >= 0.6 is 11.3 Å². The number of benzene rings is 1. The largest absolute Gasteiger partial charge is 0.359 e. The van der Waals surface area contributed by atoms with Crippen LogP contribution in [0.25, 0.3) is 10.3 Å². The van der Waals surface area contributed by atoms with E-state index < -0.39 is 0 Å². The van der Waals surface area contributed by atoms with E-state index in [0.29, 0.717) is 28.6 Å². The molecule has 1 aromatic carbocycles. The van der Waals surface area contributed by atoms with E-state index in [-0.39, 0.29) is 29.8 Å². The number of amides is 2. The van der Waals surface area contributed by atoms with E-state index in [9.17, 15) is 14.4 Å². The second kappa shape index (κ2) is 9.25. The molecule has 1 aliphatic rings. The molecular formula is C21H24N6O3S. The van der Waals surface area contributed by atoms with Gasteiger partial charge in [-0.15, -0.1) is 0 Å². The molecule has 0 spiro atoms. The number of hydrogen-bond donors (Lipinski definition) is 2. The third-order valence-electron chi connectivity index (χ3n) is 5.33. The topological polar surface area (TPSA) is 109 Å². The first-order chi connectivity index (χ1) is 15.0. The van der Waals surface area contributed by atoms with Gasteiger partial charge in [0.05, 0.1) is 5.92 Å². The molecule has 0 bridgehead atoms. The number of thiazole rings is 1. The van der Waals surface area contributed by atoms with Crippen LogP contribution in [0.3, 0.4) is 0 Å². The van der Waals surface area contributed by atoms with Crippen molar-refractivity contribution in [3.05, 3.63) is 52.6 Å². The summed E-state index contributed by atoms with van der Waals surface area (Å²) in [6.45, 7) is 1.64. The van der Waals surface area contributed by atoms with Crippen molar-refractivity contribution in [1.82, 2.24) is 25.2 Å². The van der Waals surface area contributed by atoms with Crippen molar-refractivity contribution in [3.8, 4) is 0 Å². The third kappa shape index (κ3) is 4.74. The number of carbonyl (C=O) groups excluding carboxylic acids is 2. The fourth-order valence-corrected chi connectivity index (χ4v) is 4.66. The Morgan fingerprint density at radius 2 is 2.06 bits per heavy atom. The lowest BCUT2D eigenvalue weighted by Crippen LogP contribution is -2.42. The van der Waals surface area contributed by atoms with Gasteiger partial charge in [0.1, 0.15) is 17.6 Å². The predicted octanol–water partition coefficient (Wildman–Crippen LogP) is 1.13. The SMILES string of the molecule is CNC(=O)C1CCCN(c2nc3ncn(CC(=O)NCc4ccccc4)c(=O)c3s2)C1. The van der Waals surface area contributed by atoms with Crippen LogP contribution in [0, 0.1) is 5.92 Å². The Bertz CT molecular complexity index is 1140. The van der Waals surface area contributed by atoms with Gasteiger partial charge in [-0.1, -0.05) is 41.7 Å². The first-order valence-corrected chi connectivity index (χ1v) is 11.0. The van der Waals surface area contributed by atoms with Crippen LogP contribution in [-0.4, -0.2) is 46.5 Å². The molecule has 1 saturated heterocycles. The van der Waals surface area contributed by atoms with E-state index in [0.717, 1.165) is 24.9 Å². The molecule has 0 radical (unpaired) electrons. The van der Waals surface area contributed by atoms with Crippen molar-refractivity contribution in [2.75, 3.05) is 25.0 Å². The average molecular weight is 441 g/mol. The van der Waals surface area contributed by atoms with Crippen LogP contribution in [0.5, 0.6) is 0 Å². The number of piperidine rings is 1. The summed E-state index contributed by atoms with van der Waals surface area (Å²) in [7, 11) is 1.64. The summed E-state index contributed by atoms with van der Waals surface area (Å²) in [4.78, 5) is 48.0. The fraction of sp³-hybridized carbons (Fsp3) is 0.381. The number of hydrogen-bond acceptors (Lipinski definition) is 7. The maximum atomic E-state index is 12.9. The Morgan fingerprint density at radius 1 is 1.26 bits per heavy atom. The Kier molecular flexibility index (Phi) is 6.26. The van der Waals surface area contributed by atoms with Crippen LogP contribution in [0.1, 0.15) is 18.4 Å². The number of nitrogens with zero attached hydrogens (tertiary/aromatic N) is 4. The molecular weight excluding hydrogens is 416 g/mol. The van der Waals surface area contributed by atoms with Crippen LogP contribution < -0.4 is 21.1 Å². The maximum absolute atomic E-state index is 12.9. The highest BCUT2D eigenvalue weighted by Crippen LogP contribution is 2.29. The van der Waals surface area contributed by atoms with Crippen molar-refractivity contribution in [3.63, 3.8) is 0 Å². The first kappa shape index (κ1) is 21.0. The second-order valence-corrected chi connectivity index (χ2v) is 8.47. The van der Waals surface area contributed by atoms with Crippen molar-refractivity contribution < 1.29 is 9.59 Å². The van der Waals surface area contributed by atoms with E-state index in [2.05, 4.69) is 20.6 Å². The zero-order chi connectivity index (χ0) is 21.8. The molecule has 10 heteroatoms. The minimum absolute atomic E-state index is 0.0211. The summed E-state index contributed by atoms with van der Waals surface area (Å²) in [6.07, 6.45) is 3.08. The van der Waals surface area contributed by atoms with Crippen LogP contribution in [0.2, 0.25) is 0 Å². The maximum Gasteiger partial charge on any atom is 0.273 e. The Labute approximate surface area is 183 Å². The molecule has 1 atom stereocenters. The summed E-state index contributed by atoms with van der Waals surface area (Å²) in [5.41, 5.74) is 1.07. The van der Waals surface area contributed by atoms with Gasteiger partial charge < -0.3 is 15.5 Å². The highest BCUT2D eigenvalue weighted by atomic mass is 32.1. The van der Waals surface area contributed by atoms with Crippen molar-refractivity contribution in [2.45, 2.75) is 25.9 Å². The number of nitrogens with one attached hydrogen (secondary N) is 2. The van der Waals surface area contributed by atoms with Gasteiger partial charge in [0.2, 0.25) is 11.8 Å². The molecule has 31 heavy (non-hydrogen) atoms. The highest BCUT2D eigenvalue weighted by molar-refractivity contribution is 7.22. The molecule has 3 aromatic rings. The lowest BCUT2D eigenvalue weighted by atomic mass is 9.98. The van der Waals surface area contributed by atoms with Crippen molar-refractivity contribution in [2.24, 2.45) is 5.92 Å². The molecule has 2 N–H and O–H groups in total. The lowest BCUT2D eigenvalue weighted by molar-refractivity contribution is -0.124. The van der Waals surface area contributed by atoms with E-state index >= 15 is 0 Å². The summed E-state index contributed by atoms with van der Waals surface area (Å²) in [5, 5.41) is 6.20. The Balaban J connectivity index is 1.47. The number of rotatable bonds is 6. The molecule has 4 rings (SSSR count). The average Bonchev–Trinajstić information content (AvgIpc) is 3.25.